The normalized spacial score (nSPS) is 60.0. The molecule has 0 amide bonds. The molecule has 8 aliphatic carbocycles. The van der Waals surface area contributed by atoms with Crippen molar-refractivity contribution in [1.29, 1.82) is 0 Å². The molecule has 13 rings (SSSR count). The molecule has 0 aromatic carbocycles. The summed E-state index contributed by atoms with van der Waals surface area (Å²) in [6.45, 7) is 16.6. The van der Waals surface area contributed by atoms with Gasteiger partial charge >= 0.3 is 0 Å². The molecule has 13 nitrogen and oxygen atoms in total. The van der Waals surface area contributed by atoms with Crippen LogP contribution in [0.2, 0.25) is 0 Å². The van der Waals surface area contributed by atoms with Gasteiger partial charge in [0.25, 0.3) is 0 Å². The minimum Gasteiger partial charge on any atom is -0.392 e. The Morgan fingerprint density at radius 3 is 1.57 bits per heavy atom. The van der Waals surface area contributed by atoms with Gasteiger partial charge in [0.05, 0.1) is 65.5 Å². The maximum Gasteiger partial charge on any atom is 0.174 e. The van der Waals surface area contributed by atoms with Gasteiger partial charge in [0.2, 0.25) is 0 Å². The van der Waals surface area contributed by atoms with Crippen LogP contribution in [-0.4, -0.2) is 123 Å². The van der Waals surface area contributed by atoms with Crippen molar-refractivity contribution in [2.45, 2.75) is 203 Å². The number of aliphatic hydroxyl groups is 7. The molecule has 67 heavy (non-hydrogen) atoms. The molecule has 8 fully saturated rings. The number of ether oxygens (including phenoxy) is 4. The lowest BCUT2D eigenvalue weighted by atomic mass is 9.43. The average Bonchev–Trinajstić information content (AvgIpc) is 3.82. The number of aliphatic hydroxyl groups excluding tert-OH is 3. The second-order valence-electron chi connectivity index (χ2n) is 26.4. The number of aromatic nitrogens is 2. The Bertz CT molecular complexity index is 2370. The van der Waals surface area contributed by atoms with Crippen molar-refractivity contribution in [3.8, 4) is 0 Å². The monoisotopic (exact) mass is 929 g/mol. The van der Waals surface area contributed by atoms with Crippen molar-refractivity contribution in [2.24, 2.45) is 69.0 Å². The van der Waals surface area contributed by atoms with Crippen LogP contribution in [0.1, 0.15) is 136 Å². The summed E-state index contributed by atoms with van der Waals surface area (Å²) in [6, 6.07) is 0. The quantitative estimate of drug-likeness (QED) is 0.181. The van der Waals surface area contributed by atoms with E-state index in [4.69, 9.17) is 28.9 Å². The Kier molecular flexibility index (Phi) is 9.00. The van der Waals surface area contributed by atoms with Gasteiger partial charge in [0.15, 0.2) is 11.6 Å². The molecule has 0 radical (unpaired) electrons. The molecular formula is C54H76N2O11. The van der Waals surface area contributed by atoms with Gasteiger partial charge in [-0.05, 0) is 125 Å². The summed E-state index contributed by atoms with van der Waals surface area (Å²) in [5.74, 6) is -2.32. The Morgan fingerprint density at radius 2 is 1.04 bits per heavy atom. The third kappa shape index (κ3) is 5.25. The number of rotatable bonds is 0. The van der Waals surface area contributed by atoms with E-state index >= 15 is 0 Å². The highest BCUT2D eigenvalue weighted by molar-refractivity contribution is 5.45. The molecule has 0 unspecified atom stereocenters. The summed E-state index contributed by atoms with van der Waals surface area (Å²) < 4.78 is 26.1. The molecule has 23 atom stereocenters. The Hall–Kier alpha value is -1.88. The van der Waals surface area contributed by atoms with Crippen molar-refractivity contribution in [3.63, 3.8) is 0 Å². The second kappa shape index (κ2) is 13.4. The van der Waals surface area contributed by atoms with E-state index in [1.165, 1.54) is 0 Å². The predicted octanol–water partition coefficient (Wildman–Crippen LogP) is 4.41. The highest BCUT2D eigenvalue weighted by atomic mass is 16.7. The first-order chi connectivity index (χ1) is 31.3. The van der Waals surface area contributed by atoms with Gasteiger partial charge in [-0.1, -0.05) is 64.8 Å². The topological polar surface area (TPSA) is 204 Å². The van der Waals surface area contributed by atoms with Gasteiger partial charge in [-0.3, -0.25) is 9.97 Å². The SMILES string of the molecule is C[C@@H]1[C@@]2(CC[C@@](C)(O)CO2)O[C@H]2C=C3[C@@H]4[C@@H](O)C[C@H]5Cc6nc7c(nc6C[C@]5(C)[C@H]4C[C@@H](O)[C@]3(C)[C@]21O)C[C@@H]1CC[C@H]2C3=C[C@@H]4O[C@@]5(CC[C@@](C)(O)CO5)[C@@H](C)[C@]4(O)[C@@]3(C)[C@H](O)C[C@@H]2[C@@]1(C)C7. The molecule has 4 saturated carbocycles. The number of hydrogen-bond donors (Lipinski definition) is 7. The lowest BCUT2D eigenvalue weighted by Gasteiger charge is -2.62. The fraction of sp³-hybridized carbons (Fsp3) is 0.852. The van der Waals surface area contributed by atoms with Crippen molar-refractivity contribution in [1.82, 2.24) is 9.97 Å². The third-order valence-corrected chi connectivity index (χ3v) is 23.4. The van der Waals surface area contributed by atoms with E-state index in [9.17, 15) is 35.7 Å². The molecule has 4 saturated heterocycles. The minimum atomic E-state index is -1.45. The van der Waals surface area contributed by atoms with Gasteiger partial charge in [-0.15, -0.1) is 0 Å². The largest absolute Gasteiger partial charge is 0.392 e. The van der Waals surface area contributed by atoms with E-state index in [0.717, 1.165) is 66.0 Å². The van der Waals surface area contributed by atoms with Gasteiger partial charge in [0.1, 0.15) is 23.4 Å². The summed E-state index contributed by atoms with van der Waals surface area (Å²) in [5.41, 5.74) is -0.720. The van der Waals surface area contributed by atoms with Crippen LogP contribution in [-0.2, 0) is 44.6 Å². The fourth-order valence-corrected chi connectivity index (χ4v) is 19.0. The van der Waals surface area contributed by atoms with Crippen LogP contribution in [0.5, 0.6) is 0 Å². The second-order valence-corrected chi connectivity index (χ2v) is 26.4. The number of hydrogen-bond acceptors (Lipinski definition) is 13. The standard InChI is InChI=1S/C54H76N2O11/c1-26-51(13-11-45(3,60)24-64-51)66-42-20-32-30-10-9-28-15-35-37(22-47(28,5)31(30)18-40(58)49(32,7)53(26,42)62)56-36-16-29-17-39(57)44-33(48(29,6)23-38(36)55-35)19-41(59)50(8)34(44)21-43-54(50,63)27(2)52(67-43)14-12-46(4,61)25-65-52/h20-21,26-31,33,39-44,57-63H,9-19,22-25H2,1-8H3/t26-,27-,28+,29-,30-,31+,33+,39+,40-,41-,42+,43+,44-,45-,46-,47+,48+,49-,50-,51+,52-,53-,54-/m1/s1. The molecule has 7 N–H and O–H groups in total. The molecule has 1 aromatic rings. The number of fused-ring (bicyclic) bond motifs is 16. The third-order valence-electron chi connectivity index (χ3n) is 23.4. The summed E-state index contributed by atoms with van der Waals surface area (Å²) in [7, 11) is 0. The van der Waals surface area contributed by atoms with Gasteiger partial charge in [-0.25, -0.2) is 0 Å². The Labute approximate surface area is 395 Å². The average molecular weight is 929 g/mol. The molecule has 0 bridgehead atoms. The van der Waals surface area contributed by atoms with Crippen LogP contribution in [0.15, 0.2) is 23.3 Å². The van der Waals surface area contributed by atoms with E-state index in [1.54, 1.807) is 13.8 Å². The van der Waals surface area contributed by atoms with Crippen LogP contribution < -0.4 is 0 Å². The van der Waals surface area contributed by atoms with E-state index in [2.05, 4.69) is 26.8 Å². The molecule has 13 heteroatoms. The smallest absolute Gasteiger partial charge is 0.174 e. The molecule has 12 aliphatic rings. The van der Waals surface area contributed by atoms with Crippen LogP contribution in [0.3, 0.4) is 0 Å². The molecular weight excluding hydrogens is 853 g/mol. The zero-order valence-corrected chi connectivity index (χ0v) is 40.9. The maximum atomic E-state index is 12.9. The van der Waals surface area contributed by atoms with Gasteiger partial charge < -0.3 is 54.7 Å². The van der Waals surface area contributed by atoms with Crippen molar-refractivity contribution < 1.29 is 54.7 Å². The summed E-state index contributed by atoms with van der Waals surface area (Å²) >= 11 is 0. The minimum absolute atomic E-state index is 0.0378. The number of nitrogens with zero attached hydrogens (tertiary/aromatic N) is 2. The van der Waals surface area contributed by atoms with E-state index < -0.39 is 87.2 Å². The Balaban J connectivity index is 0.774. The lowest BCUT2D eigenvalue weighted by molar-refractivity contribution is -0.289. The molecule has 2 spiro atoms. The Morgan fingerprint density at radius 1 is 0.567 bits per heavy atom. The summed E-state index contributed by atoms with van der Waals surface area (Å²) in [6.07, 6.45) is 9.22. The van der Waals surface area contributed by atoms with Crippen LogP contribution >= 0.6 is 0 Å². The molecule has 1 aromatic heterocycles. The van der Waals surface area contributed by atoms with Gasteiger partial charge in [0, 0.05) is 41.4 Å². The highest BCUT2D eigenvalue weighted by Crippen LogP contribution is 2.73. The van der Waals surface area contributed by atoms with Crippen molar-refractivity contribution in [3.05, 3.63) is 46.1 Å². The first-order valence-electron chi connectivity index (χ1n) is 26.2. The van der Waals surface area contributed by atoms with E-state index in [-0.39, 0.29) is 53.6 Å². The highest BCUT2D eigenvalue weighted by Gasteiger charge is 2.79. The molecule has 4 aliphatic heterocycles. The van der Waals surface area contributed by atoms with E-state index in [0.29, 0.717) is 57.3 Å². The predicted molar refractivity (Wildman–Crippen MR) is 243 cm³/mol. The summed E-state index contributed by atoms with van der Waals surface area (Å²) in [5, 5.41) is 84.4. The van der Waals surface area contributed by atoms with Crippen LogP contribution in [0, 0.1) is 69.0 Å². The zero-order chi connectivity index (χ0) is 47.2. The maximum absolute atomic E-state index is 12.9. The summed E-state index contributed by atoms with van der Waals surface area (Å²) in [4.78, 5) is 11.1. The van der Waals surface area contributed by atoms with Crippen molar-refractivity contribution >= 4 is 0 Å². The fourth-order valence-electron chi connectivity index (χ4n) is 19.0. The first kappa shape index (κ1) is 45.0. The lowest BCUT2D eigenvalue weighted by Crippen LogP contribution is -2.66. The van der Waals surface area contributed by atoms with Gasteiger partial charge in [-0.2, -0.15) is 0 Å². The first-order valence-corrected chi connectivity index (χ1v) is 26.2. The zero-order valence-electron chi connectivity index (χ0n) is 40.9. The van der Waals surface area contributed by atoms with Crippen LogP contribution in [0.25, 0.3) is 0 Å². The van der Waals surface area contributed by atoms with Crippen LogP contribution in [0.4, 0.5) is 0 Å². The van der Waals surface area contributed by atoms with E-state index in [1.807, 2.05) is 26.8 Å². The molecule has 5 heterocycles. The molecule has 368 valence electrons. The van der Waals surface area contributed by atoms with Crippen molar-refractivity contribution in [2.75, 3.05) is 13.2 Å².